The second-order valence-electron chi connectivity index (χ2n) is 4.47. The van der Waals surface area contributed by atoms with Gasteiger partial charge in [-0.25, -0.2) is 4.79 Å². The number of carbonyl (C=O) groups is 1. The number of nitrogens with zero attached hydrogens (tertiary/aromatic N) is 1. The molecule has 0 radical (unpaired) electrons. The van der Waals surface area contributed by atoms with Crippen LogP contribution in [0.5, 0.6) is 0 Å². The van der Waals surface area contributed by atoms with Crippen molar-refractivity contribution in [1.29, 1.82) is 0 Å². The first-order valence-corrected chi connectivity index (χ1v) is 6.67. The Bertz CT molecular complexity index is 348. The van der Waals surface area contributed by atoms with Gasteiger partial charge in [-0.15, -0.1) is 11.3 Å². The van der Waals surface area contributed by atoms with Crippen LogP contribution in [-0.2, 0) is 0 Å². The standard InChI is InChI=1S/C12H18N2OS/c1-9(2)13-12(15)14-7-3-5-10(14)11-6-4-8-16-11/h4,6,8-10H,3,5,7H2,1-2H3,(H,13,15). The lowest BCUT2D eigenvalue weighted by molar-refractivity contribution is 0.191. The SMILES string of the molecule is CC(C)NC(=O)N1CCCC1c1cccs1. The highest BCUT2D eigenvalue weighted by Crippen LogP contribution is 2.34. The molecule has 1 aromatic rings. The van der Waals surface area contributed by atoms with Crippen LogP contribution >= 0.6 is 11.3 Å². The van der Waals surface area contributed by atoms with Gasteiger partial charge in [0.15, 0.2) is 0 Å². The zero-order chi connectivity index (χ0) is 11.5. The van der Waals surface area contributed by atoms with Gasteiger partial charge in [-0.05, 0) is 38.1 Å². The number of urea groups is 1. The van der Waals surface area contributed by atoms with Crippen LogP contribution in [0, 0.1) is 0 Å². The molecular formula is C12H18N2OS. The lowest BCUT2D eigenvalue weighted by Gasteiger charge is -2.25. The number of hydrogen-bond donors (Lipinski definition) is 1. The molecule has 2 heterocycles. The Kier molecular flexibility index (Phi) is 3.49. The van der Waals surface area contributed by atoms with Crippen molar-refractivity contribution < 1.29 is 4.79 Å². The summed E-state index contributed by atoms with van der Waals surface area (Å²) >= 11 is 1.74. The van der Waals surface area contributed by atoms with Crippen LogP contribution in [0.15, 0.2) is 17.5 Å². The predicted molar refractivity (Wildman–Crippen MR) is 66.7 cm³/mol. The smallest absolute Gasteiger partial charge is 0.318 e. The summed E-state index contributed by atoms with van der Waals surface area (Å²) in [5, 5.41) is 5.04. The van der Waals surface area contributed by atoms with Gasteiger partial charge in [0.05, 0.1) is 6.04 Å². The highest BCUT2D eigenvalue weighted by atomic mass is 32.1. The molecular weight excluding hydrogens is 220 g/mol. The van der Waals surface area contributed by atoms with Crippen LogP contribution in [0.1, 0.15) is 37.6 Å². The molecule has 0 bridgehead atoms. The number of thiophene rings is 1. The topological polar surface area (TPSA) is 32.3 Å². The Hall–Kier alpha value is -1.03. The maximum Gasteiger partial charge on any atom is 0.318 e. The van der Waals surface area contributed by atoms with E-state index in [1.807, 2.05) is 18.7 Å². The molecule has 1 aromatic heterocycles. The summed E-state index contributed by atoms with van der Waals surface area (Å²) in [5.41, 5.74) is 0. The zero-order valence-corrected chi connectivity index (χ0v) is 10.6. The molecule has 4 heteroatoms. The molecule has 1 atom stereocenters. The van der Waals surface area contributed by atoms with Crippen LogP contribution in [0.25, 0.3) is 0 Å². The fourth-order valence-electron chi connectivity index (χ4n) is 2.12. The van der Waals surface area contributed by atoms with Crippen molar-refractivity contribution in [3.05, 3.63) is 22.4 Å². The van der Waals surface area contributed by atoms with Crippen LogP contribution in [-0.4, -0.2) is 23.5 Å². The summed E-state index contributed by atoms with van der Waals surface area (Å²) in [6.45, 7) is 4.86. The summed E-state index contributed by atoms with van der Waals surface area (Å²) in [4.78, 5) is 15.2. The molecule has 2 rings (SSSR count). The molecule has 3 nitrogen and oxygen atoms in total. The fraction of sp³-hybridized carbons (Fsp3) is 0.583. The Morgan fingerprint density at radius 1 is 1.62 bits per heavy atom. The van der Waals surface area contributed by atoms with Gasteiger partial charge in [0.25, 0.3) is 0 Å². The predicted octanol–water partition coefficient (Wildman–Crippen LogP) is 3.00. The number of amides is 2. The van der Waals surface area contributed by atoms with E-state index >= 15 is 0 Å². The zero-order valence-electron chi connectivity index (χ0n) is 9.77. The van der Waals surface area contributed by atoms with Crippen molar-refractivity contribution >= 4 is 17.4 Å². The van der Waals surface area contributed by atoms with E-state index in [2.05, 4.69) is 22.8 Å². The molecule has 1 N–H and O–H groups in total. The molecule has 0 aliphatic carbocycles. The van der Waals surface area contributed by atoms with E-state index in [1.165, 1.54) is 4.88 Å². The molecule has 1 saturated heterocycles. The molecule has 1 fully saturated rings. The highest BCUT2D eigenvalue weighted by molar-refractivity contribution is 7.10. The summed E-state index contributed by atoms with van der Waals surface area (Å²) in [7, 11) is 0. The number of carbonyl (C=O) groups excluding carboxylic acids is 1. The molecule has 2 amide bonds. The molecule has 0 spiro atoms. The van der Waals surface area contributed by atoms with Crippen LogP contribution in [0.4, 0.5) is 4.79 Å². The second-order valence-corrected chi connectivity index (χ2v) is 5.45. The first-order chi connectivity index (χ1) is 7.68. The Balaban J connectivity index is 2.06. The summed E-state index contributed by atoms with van der Waals surface area (Å²) < 4.78 is 0. The van der Waals surface area contributed by atoms with Crippen molar-refractivity contribution in [3.8, 4) is 0 Å². The highest BCUT2D eigenvalue weighted by Gasteiger charge is 2.30. The van der Waals surface area contributed by atoms with Gasteiger partial charge in [-0.3, -0.25) is 0 Å². The van der Waals surface area contributed by atoms with Crippen molar-refractivity contribution in [3.63, 3.8) is 0 Å². The van der Waals surface area contributed by atoms with Crippen molar-refractivity contribution in [1.82, 2.24) is 10.2 Å². The van der Waals surface area contributed by atoms with E-state index < -0.39 is 0 Å². The maximum atomic E-state index is 12.0. The van der Waals surface area contributed by atoms with E-state index in [-0.39, 0.29) is 12.1 Å². The quantitative estimate of drug-likeness (QED) is 0.844. The molecule has 1 aliphatic rings. The molecule has 16 heavy (non-hydrogen) atoms. The van der Waals surface area contributed by atoms with E-state index in [4.69, 9.17) is 0 Å². The Morgan fingerprint density at radius 2 is 2.44 bits per heavy atom. The normalized spacial score (nSPS) is 20.4. The van der Waals surface area contributed by atoms with E-state index in [9.17, 15) is 4.79 Å². The van der Waals surface area contributed by atoms with E-state index in [0.29, 0.717) is 6.04 Å². The minimum Gasteiger partial charge on any atom is -0.336 e. The van der Waals surface area contributed by atoms with Gasteiger partial charge in [0.1, 0.15) is 0 Å². The molecule has 0 aromatic carbocycles. The summed E-state index contributed by atoms with van der Waals surface area (Å²) in [6, 6.07) is 4.74. The van der Waals surface area contributed by atoms with Gasteiger partial charge in [-0.2, -0.15) is 0 Å². The number of likely N-dealkylation sites (tertiary alicyclic amines) is 1. The number of nitrogens with one attached hydrogen (secondary N) is 1. The van der Waals surface area contributed by atoms with Gasteiger partial charge in [0, 0.05) is 17.5 Å². The Labute approximate surface area is 100 Å². The molecule has 1 unspecified atom stereocenters. The van der Waals surface area contributed by atoms with Gasteiger partial charge < -0.3 is 10.2 Å². The average Bonchev–Trinajstić information content (AvgIpc) is 2.87. The number of hydrogen-bond acceptors (Lipinski definition) is 2. The lowest BCUT2D eigenvalue weighted by atomic mass is 10.2. The van der Waals surface area contributed by atoms with E-state index in [0.717, 1.165) is 19.4 Å². The van der Waals surface area contributed by atoms with Crippen molar-refractivity contribution in [2.45, 2.75) is 38.8 Å². The third kappa shape index (κ3) is 2.38. The second kappa shape index (κ2) is 4.87. The van der Waals surface area contributed by atoms with Gasteiger partial charge in [0.2, 0.25) is 0 Å². The average molecular weight is 238 g/mol. The lowest BCUT2D eigenvalue weighted by Crippen LogP contribution is -2.42. The first-order valence-electron chi connectivity index (χ1n) is 5.79. The van der Waals surface area contributed by atoms with Crippen molar-refractivity contribution in [2.24, 2.45) is 0 Å². The third-order valence-electron chi connectivity index (χ3n) is 2.80. The first kappa shape index (κ1) is 11.5. The minimum absolute atomic E-state index is 0.0749. The fourth-order valence-corrected chi connectivity index (χ4v) is 2.99. The summed E-state index contributed by atoms with van der Waals surface area (Å²) in [5.74, 6) is 0. The van der Waals surface area contributed by atoms with Crippen molar-refractivity contribution in [2.75, 3.05) is 6.54 Å². The number of rotatable bonds is 2. The van der Waals surface area contributed by atoms with Crippen LogP contribution in [0.2, 0.25) is 0 Å². The Morgan fingerprint density at radius 3 is 3.06 bits per heavy atom. The monoisotopic (exact) mass is 238 g/mol. The minimum atomic E-state index is 0.0749. The molecule has 0 saturated carbocycles. The van der Waals surface area contributed by atoms with Crippen LogP contribution < -0.4 is 5.32 Å². The third-order valence-corrected chi connectivity index (χ3v) is 3.77. The maximum absolute atomic E-state index is 12.0. The molecule has 1 aliphatic heterocycles. The van der Waals surface area contributed by atoms with Crippen LogP contribution in [0.3, 0.4) is 0 Å². The van der Waals surface area contributed by atoms with E-state index in [1.54, 1.807) is 11.3 Å². The van der Waals surface area contributed by atoms with Gasteiger partial charge in [-0.1, -0.05) is 6.07 Å². The summed E-state index contributed by atoms with van der Waals surface area (Å²) in [6.07, 6.45) is 2.19. The van der Waals surface area contributed by atoms with Gasteiger partial charge >= 0.3 is 6.03 Å². The molecule has 88 valence electrons. The largest absolute Gasteiger partial charge is 0.336 e.